The van der Waals surface area contributed by atoms with Crippen LogP contribution < -0.4 is 5.32 Å². The van der Waals surface area contributed by atoms with Crippen molar-refractivity contribution >= 4 is 11.8 Å². The minimum Gasteiger partial charge on any atom is -0.440 e. The third-order valence-electron chi connectivity index (χ3n) is 2.76. The van der Waals surface area contributed by atoms with Crippen molar-refractivity contribution in [1.29, 1.82) is 0 Å². The highest BCUT2D eigenvalue weighted by molar-refractivity contribution is 7.99. The van der Waals surface area contributed by atoms with E-state index in [-0.39, 0.29) is 11.9 Å². The highest BCUT2D eigenvalue weighted by Crippen LogP contribution is 2.34. The van der Waals surface area contributed by atoms with Gasteiger partial charge in [0.2, 0.25) is 0 Å². The number of rotatable bonds is 6. The summed E-state index contributed by atoms with van der Waals surface area (Å²) in [5.74, 6) is -0.245. The van der Waals surface area contributed by atoms with E-state index in [0.29, 0.717) is 10.1 Å². The average Bonchev–Trinajstić information content (AvgIpc) is 2.91. The molecule has 1 unspecified atom stereocenters. The molecule has 0 aliphatic heterocycles. The third kappa shape index (κ3) is 3.58. The molecule has 2 rings (SSSR count). The van der Waals surface area contributed by atoms with Gasteiger partial charge in [0.05, 0.1) is 11.1 Å². The Balaban J connectivity index is 2.25. The summed E-state index contributed by atoms with van der Waals surface area (Å²) in [6.07, 6.45) is 4.09. The molecule has 102 valence electrons. The number of nitrogens with zero attached hydrogens (tertiary/aromatic N) is 1. The van der Waals surface area contributed by atoms with Crippen LogP contribution >= 0.6 is 11.8 Å². The van der Waals surface area contributed by atoms with Gasteiger partial charge in [-0.25, -0.2) is 9.37 Å². The third-order valence-corrected chi connectivity index (χ3v) is 3.77. The second-order valence-electron chi connectivity index (χ2n) is 4.23. The molecular formula is C14H17FN2OS. The maximum absolute atomic E-state index is 14.0. The second-order valence-corrected chi connectivity index (χ2v) is 5.20. The van der Waals surface area contributed by atoms with Gasteiger partial charge in [0.1, 0.15) is 12.1 Å². The van der Waals surface area contributed by atoms with Crippen LogP contribution in [0.15, 0.2) is 45.2 Å². The number of nitrogens with one attached hydrogen (secondary N) is 1. The molecule has 0 aliphatic rings. The van der Waals surface area contributed by atoms with Crippen molar-refractivity contribution < 1.29 is 8.81 Å². The number of oxazole rings is 1. The topological polar surface area (TPSA) is 38.1 Å². The molecule has 0 saturated heterocycles. The summed E-state index contributed by atoms with van der Waals surface area (Å²) < 4.78 is 19.2. The molecule has 0 saturated carbocycles. The number of aromatic nitrogens is 1. The van der Waals surface area contributed by atoms with Crippen LogP contribution in [0.25, 0.3) is 0 Å². The zero-order valence-corrected chi connectivity index (χ0v) is 11.8. The second kappa shape index (κ2) is 6.73. The molecule has 1 heterocycles. The molecule has 1 atom stereocenters. The average molecular weight is 280 g/mol. The quantitative estimate of drug-likeness (QED) is 0.867. The Kier molecular flexibility index (Phi) is 4.99. The van der Waals surface area contributed by atoms with E-state index in [1.807, 2.05) is 13.0 Å². The fourth-order valence-corrected chi connectivity index (χ4v) is 2.71. The Labute approximate surface area is 116 Å². The van der Waals surface area contributed by atoms with Crippen LogP contribution in [0.4, 0.5) is 4.39 Å². The molecule has 3 nitrogen and oxygen atoms in total. The lowest BCUT2D eigenvalue weighted by Gasteiger charge is -2.17. The fraction of sp³-hybridized carbons (Fsp3) is 0.357. The van der Waals surface area contributed by atoms with Gasteiger partial charge in [-0.05, 0) is 43.3 Å². The fourth-order valence-electron chi connectivity index (χ4n) is 1.79. The first kappa shape index (κ1) is 14.1. The molecule has 0 bridgehead atoms. The molecule has 0 spiro atoms. The summed E-state index contributed by atoms with van der Waals surface area (Å²) in [6, 6.07) is 5.21. The predicted molar refractivity (Wildman–Crippen MR) is 73.7 cm³/mol. The lowest BCUT2D eigenvalue weighted by Crippen LogP contribution is -2.20. The first-order valence-electron chi connectivity index (χ1n) is 6.31. The summed E-state index contributed by atoms with van der Waals surface area (Å²) in [5.41, 5.74) is 0.927. The Hall–Kier alpha value is -1.33. The molecule has 0 radical (unpaired) electrons. The molecule has 5 heteroatoms. The van der Waals surface area contributed by atoms with Crippen LogP contribution in [0, 0.1) is 5.82 Å². The zero-order valence-electron chi connectivity index (χ0n) is 11.0. The van der Waals surface area contributed by atoms with Crippen molar-refractivity contribution in [1.82, 2.24) is 10.3 Å². The van der Waals surface area contributed by atoms with Crippen molar-refractivity contribution in [3.63, 3.8) is 0 Å². The highest BCUT2D eigenvalue weighted by atomic mass is 32.2. The van der Waals surface area contributed by atoms with Crippen molar-refractivity contribution in [2.75, 3.05) is 6.54 Å². The number of hydrogen-bond donors (Lipinski definition) is 1. The Morgan fingerprint density at radius 1 is 1.47 bits per heavy atom. The molecule has 2 aromatic rings. The molecular weight excluding hydrogens is 263 g/mol. The van der Waals surface area contributed by atoms with E-state index in [1.54, 1.807) is 12.3 Å². The number of benzene rings is 1. The maximum atomic E-state index is 14.0. The molecule has 1 aromatic heterocycles. The van der Waals surface area contributed by atoms with E-state index in [0.717, 1.165) is 18.5 Å². The van der Waals surface area contributed by atoms with Crippen LogP contribution in [0.5, 0.6) is 0 Å². The van der Waals surface area contributed by atoms with Gasteiger partial charge in [-0.3, -0.25) is 0 Å². The number of hydrogen-bond acceptors (Lipinski definition) is 4. The SMILES string of the molecule is CCCNC(C)c1cccc(F)c1Sc1ncco1. The standard InChI is InChI=1S/C14H17FN2OS/c1-3-7-16-10(2)11-5-4-6-12(15)13(11)19-14-17-8-9-18-14/h4-6,8-10,16H,3,7H2,1-2H3. The zero-order chi connectivity index (χ0) is 13.7. The molecule has 1 N–H and O–H groups in total. The van der Waals surface area contributed by atoms with Crippen LogP contribution in [0.1, 0.15) is 31.9 Å². The maximum Gasteiger partial charge on any atom is 0.260 e. The van der Waals surface area contributed by atoms with Crippen LogP contribution in [-0.2, 0) is 0 Å². The normalized spacial score (nSPS) is 12.6. The van der Waals surface area contributed by atoms with E-state index in [1.165, 1.54) is 24.1 Å². The van der Waals surface area contributed by atoms with E-state index in [9.17, 15) is 4.39 Å². The molecule has 0 aliphatic carbocycles. The first-order valence-corrected chi connectivity index (χ1v) is 7.13. The van der Waals surface area contributed by atoms with Gasteiger partial charge in [-0.1, -0.05) is 19.1 Å². The summed E-state index contributed by atoms with van der Waals surface area (Å²) in [4.78, 5) is 4.59. The van der Waals surface area contributed by atoms with Gasteiger partial charge >= 0.3 is 0 Å². The minimum atomic E-state index is -0.245. The van der Waals surface area contributed by atoms with Crippen molar-refractivity contribution in [3.8, 4) is 0 Å². The van der Waals surface area contributed by atoms with Crippen molar-refractivity contribution in [3.05, 3.63) is 42.0 Å². The van der Waals surface area contributed by atoms with Crippen molar-refractivity contribution in [2.45, 2.75) is 36.4 Å². The van der Waals surface area contributed by atoms with Crippen LogP contribution in [0.2, 0.25) is 0 Å². The summed E-state index contributed by atoms with van der Waals surface area (Å²) >= 11 is 1.22. The van der Waals surface area contributed by atoms with E-state index < -0.39 is 0 Å². The number of halogens is 1. The van der Waals surface area contributed by atoms with Crippen molar-refractivity contribution in [2.24, 2.45) is 0 Å². The predicted octanol–water partition coefficient (Wildman–Crippen LogP) is 4.03. The van der Waals surface area contributed by atoms with Gasteiger partial charge < -0.3 is 9.73 Å². The lowest BCUT2D eigenvalue weighted by molar-refractivity contribution is 0.453. The minimum absolute atomic E-state index is 0.0908. The summed E-state index contributed by atoms with van der Waals surface area (Å²) in [6.45, 7) is 5.04. The molecule has 0 fully saturated rings. The van der Waals surface area contributed by atoms with Gasteiger partial charge in [-0.15, -0.1) is 0 Å². The summed E-state index contributed by atoms with van der Waals surface area (Å²) in [5, 5.41) is 3.82. The molecule has 1 aromatic carbocycles. The monoisotopic (exact) mass is 280 g/mol. The van der Waals surface area contributed by atoms with E-state index in [4.69, 9.17) is 4.42 Å². The van der Waals surface area contributed by atoms with Gasteiger partial charge in [-0.2, -0.15) is 0 Å². The Morgan fingerprint density at radius 2 is 2.32 bits per heavy atom. The van der Waals surface area contributed by atoms with E-state index in [2.05, 4.69) is 17.2 Å². The molecule has 19 heavy (non-hydrogen) atoms. The first-order chi connectivity index (χ1) is 9.22. The van der Waals surface area contributed by atoms with Gasteiger partial charge in [0, 0.05) is 6.04 Å². The summed E-state index contributed by atoms with van der Waals surface area (Å²) in [7, 11) is 0. The Morgan fingerprint density at radius 3 is 3.00 bits per heavy atom. The Bertz CT molecular complexity index is 516. The highest BCUT2D eigenvalue weighted by Gasteiger charge is 2.16. The largest absolute Gasteiger partial charge is 0.440 e. The smallest absolute Gasteiger partial charge is 0.260 e. The van der Waals surface area contributed by atoms with Crippen LogP contribution in [0.3, 0.4) is 0 Å². The van der Waals surface area contributed by atoms with Gasteiger partial charge in [0.25, 0.3) is 5.22 Å². The van der Waals surface area contributed by atoms with E-state index >= 15 is 0 Å². The molecule has 0 amide bonds. The van der Waals surface area contributed by atoms with Crippen LogP contribution in [-0.4, -0.2) is 11.5 Å². The van der Waals surface area contributed by atoms with Gasteiger partial charge in [0.15, 0.2) is 0 Å². The lowest BCUT2D eigenvalue weighted by atomic mass is 10.1.